The highest BCUT2D eigenvalue weighted by Gasteiger charge is 2.16. The van der Waals surface area contributed by atoms with Crippen molar-refractivity contribution in [2.24, 2.45) is 0 Å². The van der Waals surface area contributed by atoms with Crippen molar-refractivity contribution < 1.29 is 4.79 Å². The molecular formula is C15H15N3OS. The largest absolute Gasteiger partial charge is 0.345 e. The summed E-state index contributed by atoms with van der Waals surface area (Å²) in [5.74, 6) is -0.146. The van der Waals surface area contributed by atoms with Gasteiger partial charge in [-0.3, -0.25) is 4.79 Å². The van der Waals surface area contributed by atoms with Gasteiger partial charge in [0, 0.05) is 10.4 Å². The van der Waals surface area contributed by atoms with Gasteiger partial charge in [0.15, 0.2) is 0 Å². The second kappa shape index (κ2) is 5.85. The highest BCUT2D eigenvalue weighted by atomic mass is 32.1. The van der Waals surface area contributed by atoms with E-state index in [0.29, 0.717) is 11.1 Å². The summed E-state index contributed by atoms with van der Waals surface area (Å²) in [6.07, 6.45) is 0. The molecule has 1 heterocycles. The Balaban J connectivity index is 2.11. The molecule has 0 fully saturated rings. The molecule has 0 spiro atoms. The molecule has 1 amide bonds. The summed E-state index contributed by atoms with van der Waals surface area (Å²) in [5.41, 5.74) is 2.05. The van der Waals surface area contributed by atoms with Crippen molar-refractivity contribution in [3.63, 3.8) is 0 Å². The molecule has 1 N–H and O–H groups in total. The second-order valence-corrected chi connectivity index (χ2v) is 5.80. The third-order valence-electron chi connectivity index (χ3n) is 2.96. The number of carbonyl (C=O) groups is 1. The molecule has 2 aromatic rings. The van der Waals surface area contributed by atoms with Gasteiger partial charge in [0.2, 0.25) is 0 Å². The van der Waals surface area contributed by atoms with E-state index in [-0.39, 0.29) is 11.9 Å². The number of thiazole rings is 1. The number of aromatic nitrogens is 1. The molecule has 102 valence electrons. The fourth-order valence-corrected chi connectivity index (χ4v) is 2.92. The Morgan fingerprint density at radius 3 is 2.50 bits per heavy atom. The summed E-state index contributed by atoms with van der Waals surface area (Å²) in [7, 11) is 0. The van der Waals surface area contributed by atoms with E-state index in [1.54, 1.807) is 35.6 Å². The highest BCUT2D eigenvalue weighted by Crippen LogP contribution is 2.24. The first kappa shape index (κ1) is 14.2. The zero-order chi connectivity index (χ0) is 14.7. The Morgan fingerprint density at radius 1 is 1.35 bits per heavy atom. The summed E-state index contributed by atoms with van der Waals surface area (Å²) in [4.78, 5) is 17.6. The van der Waals surface area contributed by atoms with Crippen molar-refractivity contribution in [2.75, 3.05) is 0 Å². The maximum Gasteiger partial charge on any atom is 0.251 e. The number of aryl methyl sites for hydroxylation is 2. The predicted molar refractivity (Wildman–Crippen MR) is 78.6 cm³/mol. The smallest absolute Gasteiger partial charge is 0.251 e. The maximum absolute atomic E-state index is 12.1. The molecule has 0 radical (unpaired) electrons. The molecular weight excluding hydrogens is 270 g/mol. The average molecular weight is 285 g/mol. The summed E-state index contributed by atoms with van der Waals surface area (Å²) in [6.45, 7) is 5.85. The molecule has 20 heavy (non-hydrogen) atoms. The lowest BCUT2D eigenvalue weighted by molar-refractivity contribution is 0.0940. The van der Waals surface area contributed by atoms with Gasteiger partial charge in [-0.1, -0.05) is 0 Å². The molecule has 0 bridgehead atoms. The Morgan fingerprint density at radius 2 is 2.00 bits per heavy atom. The van der Waals surface area contributed by atoms with Crippen LogP contribution in [0.2, 0.25) is 0 Å². The van der Waals surface area contributed by atoms with E-state index in [1.165, 1.54) is 0 Å². The van der Waals surface area contributed by atoms with Crippen molar-refractivity contribution in [1.82, 2.24) is 10.3 Å². The van der Waals surface area contributed by atoms with Gasteiger partial charge in [-0.2, -0.15) is 5.26 Å². The Hall–Kier alpha value is -2.19. The third-order valence-corrected chi connectivity index (χ3v) is 4.21. The minimum atomic E-state index is -0.146. The van der Waals surface area contributed by atoms with Crippen molar-refractivity contribution in [1.29, 1.82) is 5.26 Å². The van der Waals surface area contributed by atoms with E-state index in [0.717, 1.165) is 15.6 Å². The van der Waals surface area contributed by atoms with Crippen LogP contribution in [-0.2, 0) is 0 Å². The van der Waals surface area contributed by atoms with Crippen LogP contribution in [0.1, 0.15) is 44.5 Å². The van der Waals surface area contributed by atoms with Crippen LogP contribution in [0.4, 0.5) is 0 Å². The fourth-order valence-electron chi connectivity index (χ4n) is 1.99. The van der Waals surface area contributed by atoms with Gasteiger partial charge in [0.25, 0.3) is 5.91 Å². The number of hydrogen-bond donors (Lipinski definition) is 1. The summed E-state index contributed by atoms with van der Waals surface area (Å²) in [5, 5.41) is 12.7. The fraction of sp³-hybridized carbons (Fsp3) is 0.267. The molecule has 1 aromatic heterocycles. The molecule has 0 saturated heterocycles. The molecule has 1 unspecified atom stereocenters. The normalized spacial score (nSPS) is 11.7. The highest BCUT2D eigenvalue weighted by molar-refractivity contribution is 7.11. The molecule has 4 nitrogen and oxygen atoms in total. The Bertz CT molecular complexity index is 667. The third kappa shape index (κ3) is 3.03. The first-order valence-electron chi connectivity index (χ1n) is 6.26. The minimum absolute atomic E-state index is 0.0793. The maximum atomic E-state index is 12.1. The number of rotatable bonds is 3. The standard InChI is InChI=1S/C15H15N3OS/c1-9-14(20-11(3)17-9)10(2)18-15(19)13-6-4-12(8-16)5-7-13/h4-7,10H,1-3H3,(H,18,19). The van der Waals surface area contributed by atoms with E-state index in [1.807, 2.05) is 26.8 Å². The lowest BCUT2D eigenvalue weighted by Gasteiger charge is -2.13. The summed E-state index contributed by atoms with van der Waals surface area (Å²) in [6, 6.07) is 8.55. The number of carbonyl (C=O) groups excluding carboxylic acids is 1. The predicted octanol–water partition coefficient (Wildman–Crippen LogP) is 3.12. The van der Waals surface area contributed by atoms with Crippen LogP contribution in [0.25, 0.3) is 0 Å². The molecule has 1 atom stereocenters. The first-order valence-corrected chi connectivity index (χ1v) is 7.08. The van der Waals surface area contributed by atoms with Crippen molar-refractivity contribution in [3.8, 4) is 6.07 Å². The average Bonchev–Trinajstić information content (AvgIpc) is 2.78. The van der Waals surface area contributed by atoms with Gasteiger partial charge in [0.1, 0.15) is 0 Å². The van der Waals surface area contributed by atoms with Crippen molar-refractivity contribution >= 4 is 17.2 Å². The Kier molecular flexibility index (Phi) is 4.16. The second-order valence-electron chi connectivity index (χ2n) is 4.57. The SMILES string of the molecule is Cc1nc(C)c(C(C)NC(=O)c2ccc(C#N)cc2)s1. The van der Waals surface area contributed by atoms with E-state index < -0.39 is 0 Å². The molecule has 5 heteroatoms. The lowest BCUT2D eigenvalue weighted by Crippen LogP contribution is -2.26. The molecule has 0 aliphatic rings. The van der Waals surface area contributed by atoms with E-state index in [9.17, 15) is 4.79 Å². The first-order chi connectivity index (χ1) is 9.51. The van der Waals surface area contributed by atoms with Gasteiger partial charge < -0.3 is 5.32 Å². The van der Waals surface area contributed by atoms with Gasteiger partial charge in [-0.15, -0.1) is 11.3 Å². The number of nitriles is 1. The van der Waals surface area contributed by atoms with Crippen LogP contribution < -0.4 is 5.32 Å². The topological polar surface area (TPSA) is 65.8 Å². The number of nitrogens with one attached hydrogen (secondary N) is 1. The van der Waals surface area contributed by atoms with Gasteiger partial charge >= 0.3 is 0 Å². The molecule has 0 aliphatic carbocycles. The zero-order valence-electron chi connectivity index (χ0n) is 11.6. The van der Waals surface area contributed by atoms with E-state index in [4.69, 9.17) is 5.26 Å². The van der Waals surface area contributed by atoms with E-state index in [2.05, 4.69) is 10.3 Å². The van der Waals surface area contributed by atoms with Crippen LogP contribution in [-0.4, -0.2) is 10.9 Å². The van der Waals surface area contributed by atoms with Gasteiger partial charge in [-0.05, 0) is 45.0 Å². The van der Waals surface area contributed by atoms with Gasteiger partial charge in [0.05, 0.1) is 28.4 Å². The molecule has 0 aliphatic heterocycles. The molecule has 2 rings (SSSR count). The van der Waals surface area contributed by atoms with Crippen LogP contribution in [0.5, 0.6) is 0 Å². The van der Waals surface area contributed by atoms with Crippen LogP contribution in [0.15, 0.2) is 24.3 Å². The number of benzene rings is 1. The minimum Gasteiger partial charge on any atom is -0.345 e. The quantitative estimate of drug-likeness (QED) is 0.942. The number of nitrogens with zero attached hydrogens (tertiary/aromatic N) is 2. The van der Waals surface area contributed by atoms with Crippen molar-refractivity contribution in [3.05, 3.63) is 51.0 Å². The summed E-state index contributed by atoms with van der Waals surface area (Å²) < 4.78 is 0. The number of hydrogen-bond acceptors (Lipinski definition) is 4. The molecule has 1 aromatic carbocycles. The number of amides is 1. The molecule has 0 saturated carbocycles. The van der Waals surface area contributed by atoms with Crippen LogP contribution in [0.3, 0.4) is 0 Å². The van der Waals surface area contributed by atoms with Crippen LogP contribution in [0, 0.1) is 25.2 Å². The van der Waals surface area contributed by atoms with E-state index >= 15 is 0 Å². The lowest BCUT2D eigenvalue weighted by atomic mass is 10.1. The van der Waals surface area contributed by atoms with Crippen molar-refractivity contribution in [2.45, 2.75) is 26.8 Å². The van der Waals surface area contributed by atoms with Crippen LogP contribution >= 0.6 is 11.3 Å². The monoisotopic (exact) mass is 285 g/mol. The zero-order valence-corrected chi connectivity index (χ0v) is 12.4. The van der Waals surface area contributed by atoms with Gasteiger partial charge in [-0.25, -0.2) is 4.98 Å². The Labute approximate surface area is 122 Å². The summed E-state index contributed by atoms with van der Waals surface area (Å²) >= 11 is 1.60.